The molecule has 2 N–H and O–H groups in total. The highest BCUT2D eigenvalue weighted by molar-refractivity contribution is 5.84. The Balaban J connectivity index is 1.95. The molecule has 2 rings (SSSR count). The van der Waals surface area contributed by atoms with E-state index in [4.69, 9.17) is 4.74 Å². The van der Waals surface area contributed by atoms with Gasteiger partial charge in [0.15, 0.2) is 0 Å². The number of amides is 1. The molecule has 2 atom stereocenters. The third kappa shape index (κ3) is 3.96. The van der Waals surface area contributed by atoms with Crippen LogP contribution < -0.4 is 10.6 Å². The van der Waals surface area contributed by atoms with Gasteiger partial charge in [0.25, 0.3) is 0 Å². The first-order valence-electron chi connectivity index (χ1n) is 6.80. The van der Waals surface area contributed by atoms with Crippen LogP contribution in [0, 0.1) is 0 Å². The lowest BCUT2D eigenvalue weighted by Gasteiger charge is -2.17. The van der Waals surface area contributed by atoms with Crippen LogP contribution in [-0.2, 0) is 9.53 Å². The molecule has 4 nitrogen and oxygen atoms in total. The highest BCUT2D eigenvalue weighted by atomic mass is 16.5. The van der Waals surface area contributed by atoms with Crippen LogP contribution in [0.2, 0.25) is 0 Å². The molecule has 1 saturated carbocycles. The van der Waals surface area contributed by atoms with Crippen molar-refractivity contribution >= 4 is 11.6 Å². The second-order valence-corrected chi connectivity index (χ2v) is 5.15. The van der Waals surface area contributed by atoms with Crippen molar-refractivity contribution in [3.8, 4) is 0 Å². The van der Waals surface area contributed by atoms with Gasteiger partial charge in [0.2, 0.25) is 5.91 Å². The minimum atomic E-state index is -0.228. The molecular weight excluding hydrogens is 240 g/mol. The summed E-state index contributed by atoms with van der Waals surface area (Å²) < 4.78 is 5.30. The average molecular weight is 262 g/mol. The molecule has 1 amide bonds. The molecule has 0 bridgehead atoms. The predicted molar refractivity (Wildman–Crippen MR) is 76.1 cm³/mol. The van der Waals surface area contributed by atoms with Crippen LogP contribution in [0.4, 0.5) is 5.69 Å². The largest absolute Gasteiger partial charge is 0.377 e. The number of rotatable bonds is 6. The molecule has 19 heavy (non-hydrogen) atoms. The van der Waals surface area contributed by atoms with Gasteiger partial charge in [0.05, 0.1) is 6.10 Å². The fraction of sp³-hybridized carbons (Fsp3) is 0.533. The molecule has 0 aromatic heterocycles. The van der Waals surface area contributed by atoms with Crippen molar-refractivity contribution in [2.75, 3.05) is 12.4 Å². The van der Waals surface area contributed by atoms with Gasteiger partial charge in [-0.3, -0.25) is 4.79 Å². The molecular formula is C15H22N2O2. The number of ether oxygens (including phenoxy) is 1. The number of methoxy groups -OCH3 is 1. The van der Waals surface area contributed by atoms with Crippen molar-refractivity contribution in [2.45, 2.75) is 44.9 Å². The number of hydrogen-bond donors (Lipinski definition) is 2. The number of benzene rings is 1. The van der Waals surface area contributed by atoms with E-state index in [0.29, 0.717) is 6.04 Å². The maximum Gasteiger partial charge on any atom is 0.242 e. The van der Waals surface area contributed by atoms with E-state index < -0.39 is 0 Å². The van der Waals surface area contributed by atoms with Crippen LogP contribution in [-0.4, -0.2) is 25.1 Å². The van der Waals surface area contributed by atoms with E-state index in [9.17, 15) is 4.79 Å². The Hall–Kier alpha value is -1.55. The smallest absolute Gasteiger partial charge is 0.242 e. The van der Waals surface area contributed by atoms with Gasteiger partial charge in [-0.25, -0.2) is 0 Å². The standard InChI is InChI=1S/C15H22N2O2/c1-10(15(18)17-13-7-8-13)16-14-6-4-5-12(9-14)11(2)19-3/h4-6,9-11,13,16H,7-8H2,1-3H3,(H,17,18). The first-order chi connectivity index (χ1) is 9.10. The van der Waals surface area contributed by atoms with Gasteiger partial charge in [-0.2, -0.15) is 0 Å². The van der Waals surface area contributed by atoms with Gasteiger partial charge in [-0.15, -0.1) is 0 Å². The molecule has 4 heteroatoms. The zero-order chi connectivity index (χ0) is 13.8. The van der Waals surface area contributed by atoms with Gasteiger partial charge < -0.3 is 15.4 Å². The lowest BCUT2D eigenvalue weighted by molar-refractivity contribution is -0.121. The lowest BCUT2D eigenvalue weighted by Crippen LogP contribution is -2.38. The highest BCUT2D eigenvalue weighted by Gasteiger charge is 2.25. The van der Waals surface area contributed by atoms with E-state index in [1.165, 1.54) is 0 Å². The number of carbonyl (C=O) groups excluding carboxylic acids is 1. The lowest BCUT2D eigenvalue weighted by atomic mass is 10.1. The van der Waals surface area contributed by atoms with Crippen LogP contribution in [0.15, 0.2) is 24.3 Å². The van der Waals surface area contributed by atoms with Crippen molar-refractivity contribution in [1.29, 1.82) is 0 Å². The van der Waals surface area contributed by atoms with Crippen molar-refractivity contribution in [2.24, 2.45) is 0 Å². The van der Waals surface area contributed by atoms with Crippen molar-refractivity contribution in [3.63, 3.8) is 0 Å². The second-order valence-electron chi connectivity index (χ2n) is 5.15. The summed E-state index contributed by atoms with van der Waals surface area (Å²) in [6, 6.07) is 8.15. The molecule has 0 saturated heterocycles. The Kier molecular flexibility index (Phi) is 4.43. The summed E-state index contributed by atoms with van der Waals surface area (Å²) in [5.74, 6) is 0.0627. The van der Waals surface area contributed by atoms with Crippen LogP contribution in [0.5, 0.6) is 0 Å². The molecule has 104 valence electrons. The first-order valence-corrected chi connectivity index (χ1v) is 6.80. The van der Waals surface area contributed by atoms with Gasteiger partial charge >= 0.3 is 0 Å². The average Bonchev–Trinajstić information content (AvgIpc) is 3.22. The molecule has 1 aromatic carbocycles. The highest BCUT2D eigenvalue weighted by Crippen LogP contribution is 2.21. The van der Waals surface area contributed by atoms with Crippen LogP contribution in [0.25, 0.3) is 0 Å². The number of nitrogens with one attached hydrogen (secondary N) is 2. The fourth-order valence-electron chi connectivity index (χ4n) is 1.89. The van der Waals surface area contributed by atoms with Gasteiger partial charge in [-0.1, -0.05) is 12.1 Å². The molecule has 0 heterocycles. The summed E-state index contributed by atoms with van der Waals surface area (Å²) in [5.41, 5.74) is 2.04. The van der Waals surface area contributed by atoms with Gasteiger partial charge in [0.1, 0.15) is 6.04 Å². The maximum atomic E-state index is 11.9. The Labute approximate surface area is 114 Å². The summed E-state index contributed by atoms with van der Waals surface area (Å²) in [6.45, 7) is 3.88. The van der Waals surface area contributed by atoms with E-state index in [0.717, 1.165) is 24.1 Å². The summed E-state index contributed by atoms with van der Waals surface area (Å²) in [5, 5.41) is 6.22. The second kappa shape index (κ2) is 6.06. The zero-order valence-electron chi connectivity index (χ0n) is 11.8. The fourth-order valence-corrected chi connectivity index (χ4v) is 1.89. The predicted octanol–water partition coefficient (Wildman–Crippen LogP) is 2.47. The molecule has 1 aliphatic rings. The normalized spacial score (nSPS) is 17.6. The number of carbonyl (C=O) groups is 1. The number of anilines is 1. The molecule has 1 fully saturated rings. The summed E-state index contributed by atoms with van der Waals surface area (Å²) in [4.78, 5) is 11.9. The van der Waals surface area contributed by atoms with E-state index in [1.54, 1.807) is 7.11 Å². The van der Waals surface area contributed by atoms with Crippen molar-refractivity contribution < 1.29 is 9.53 Å². The molecule has 2 unspecified atom stereocenters. The molecule has 0 aliphatic heterocycles. The van der Waals surface area contributed by atoms with Gasteiger partial charge in [0, 0.05) is 18.8 Å². The van der Waals surface area contributed by atoms with Crippen LogP contribution in [0.1, 0.15) is 38.4 Å². The number of hydrogen-bond acceptors (Lipinski definition) is 3. The Bertz CT molecular complexity index is 444. The Morgan fingerprint density at radius 1 is 1.37 bits per heavy atom. The van der Waals surface area contributed by atoms with Crippen molar-refractivity contribution in [1.82, 2.24) is 5.32 Å². The third-order valence-corrected chi connectivity index (χ3v) is 3.41. The molecule has 1 aromatic rings. The molecule has 0 radical (unpaired) electrons. The zero-order valence-corrected chi connectivity index (χ0v) is 11.8. The SMILES string of the molecule is COC(C)c1cccc(NC(C)C(=O)NC2CC2)c1. The maximum absolute atomic E-state index is 11.9. The van der Waals surface area contributed by atoms with E-state index in [-0.39, 0.29) is 18.1 Å². The molecule has 1 aliphatic carbocycles. The quantitative estimate of drug-likeness (QED) is 0.828. The summed E-state index contributed by atoms with van der Waals surface area (Å²) >= 11 is 0. The van der Waals surface area contributed by atoms with E-state index >= 15 is 0 Å². The van der Waals surface area contributed by atoms with Crippen LogP contribution >= 0.6 is 0 Å². The van der Waals surface area contributed by atoms with Gasteiger partial charge in [-0.05, 0) is 44.4 Å². The monoisotopic (exact) mass is 262 g/mol. The topological polar surface area (TPSA) is 50.4 Å². The van der Waals surface area contributed by atoms with Crippen molar-refractivity contribution in [3.05, 3.63) is 29.8 Å². The Morgan fingerprint density at radius 3 is 2.74 bits per heavy atom. The van der Waals surface area contributed by atoms with E-state index in [1.807, 2.05) is 38.1 Å². The summed E-state index contributed by atoms with van der Waals surface area (Å²) in [6.07, 6.45) is 2.27. The minimum absolute atomic E-state index is 0.0531. The molecule has 0 spiro atoms. The van der Waals surface area contributed by atoms with E-state index in [2.05, 4.69) is 10.6 Å². The third-order valence-electron chi connectivity index (χ3n) is 3.41. The minimum Gasteiger partial charge on any atom is -0.377 e. The Morgan fingerprint density at radius 2 is 2.11 bits per heavy atom. The summed E-state index contributed by atoms with van der Waals surface area (Å²) in [7, 11) is 1.69. The van der Waals surface area contributed by atoms with Crippen LogP contribution in [0.3, 0.4) is 0 Å². The first kappa shape index (κ1) is 13.9.